The number of hydrogen-bond donors (Lipinski definition) is 0. The van der Waals surface area contributed by atoms with Crippen LogP contribution in [0.1, 0.15) is 29.0 Å². The standard InChI is InChI=1S/C48H31N3/c1-2-11-30-26-39-32(24-29(30)10-1)20-21-34(31-12-9-13-33(25-31)50-42-17-6-3-14-35(42)37-22-23-49-28-45(37)50)46-40(39)27-41-36-15-4-7-18-43(36)51-44-19-8-5-16-38(44)47(46)48(41)51/h1-19,22-28,34H,20-21H2. The van der Waals surface area contributed by atoms with E-state index < -0.39 is 0 Å². The van der Waals surface area contributed by atoms with Gasteiger partial charge in [0.05, 0.1) is 33.8 Å². The van der Waals surface area contributed by atoms with Gasteiger partial charge in [-0.25, -0.2) is 0 Å². The average molecular weight is 650 g/mol. The maximum atomic E-state index is 4.57. The van der Waals surface area contributed by atoms with Crippen LogP contribution in [0.3, 0.4) is 0 Å². The zero-order valence-electron chi connectivity index (χ0n) is 27.8. The van der Waals surface area contributed by atoms with E-state index in [2.05, 4.69) is 160 Å². The van der Waals surface area contributed by atoms with Gasteiger partial charge in [-0.2, -0.15) is 0 Å². The Labute approximate surface area is 294 Å². The SMILES string of the molecule is c1cc(C2CCc3cc4ccccc4cc3-c3cc4c5ccccc5n5c6ccccc6c(c32)c45)cc(-n2c3ccccc3c3ccncc32)c1. The van der Waals surface area contributed by atoms with Gasteiger partial charge in [0.1, 0.15) is 0 Å². The van der Waals surface area contributed by atoms with Crippen molar-refractivity contribution in [2.75, 3.05) is 0 Å². The van der Waals surface area contributed by atoms with Gasteiger partial charge in [0, 0.05) is 50.1 Å². The van der Waals surface area contributed by atoms with E-state index in [9.17, 15) is 0 Å². The van der Waals surface area contributed by atoms with Crippen molar-refractivity contribution >= 4 is 70.7 Å². The van der Waals surface area contributed by atoms with Crippen molar-refractivity contribution in [1.82, 2.24) is 14.0 Å². The third-order valence-electron chi connectivity index (χ3n) is 11.7. The maximum Gasteiger partial charge on any atom is 0.0724 e. The zero-order valence-corrected chi connectivity index (χ0v) is 27.8. The van der Waals surface area contributed by atoms with Crippen molar-refractivity contribution in [2.45, 2.75) is 18.8 Å². The van der Waals surface area contributed by atoms with Gasteiger partial charge in [-0.05, 0) is 100.0 Å². The minimum absolute atomic E-state index is 0.193. The molecule has 0 spiro atoms. The van der Waals surface area contributed by atoms with Crippen LogP contribution < -0.4 is 0 Å². The lowest BCUT2D eigenvalue weighted by atomic mass is 9.82. The number of hydrogen-bond acceptors (Lipinski definition) is 1. The molecule has 1 atom stereocenters. The highest BCUT2D eigenvalue weighted by Gasteiger charge is 2.31. The van der Waals surface area contributed by atoms with Crippen LogP contribution in [-0.2, 0) is 6.42 Å². The van der Waals surface area contributed by atoms with Crippen molar-refractivity contribution in [2.24, 2.45) is 0 Å². The third-order valence-corrected chi connectivity index (χ3v) is 11.7. The summed E-state index contributed by atoms with van der Waals surface area (Å²) in [7, 11) is 0. The predicted octanol–water partition coefficient (Wildman–Crippen LogP) is 12.2. The van der Waals surface area contributed by atoms with E-state index in [1.165, 1.54) is 98.7 Å². The van der Waals surface area contributed by atoms with Gasteiger partial charge in [0.2, 0.25) is 0 Å². The number of aromatic nitrogens is 3. The van der Waals surface area contributed by atoms with Crippen LogP contribution in [0, 0.1) is 0 Å². The molecule has 0 aliphatic heterocycles. The molecule has 1 aliphatic rings. The van der Waals surface area contributed by atoms with Crippen LogP contribution in [0.2, 0.25) is 0 Å². The Morgan fingerprint density at radius 2 is 1.22 bits per heavy atom. The van der Waals surface area contributed by atoms with Gasteiger partial charge in [-0.1, -0.05) is 97.1 Å². The fourth-order valence-electron chi connectivity index (χ4n) is 9.63. The molecule has 0 bridgehead atoms. The Morgan fingerprint density at radius 3 is 2.06 bits per heavy atom. The third kappa shape index (κ3) is 3.65. The molecule has 4 aromatic heterocycles. The largest absolute Gasteiger partial charge is 0.308 e. The van der Waals surface area contributed by atoms with E-state index in [0.29, 0.717) is 0 Å². The van der Waals surface area contributed by atoms with E-state index in [1.54, 1.807) is 0 Å². The highest BCUT2D eigenvalue weighted by molar-refractivity contribution is 6.26. The number of para-hydroxylation sites is 3. The topological polar surface area (TPSA) is 22.2 Å². The van der Waals surface area contributed by atoms with Crippen molar-refractivity contribution < 1.29 is 0 Å². The van der Waals surface area contributed by atoms with Gasteiger partial charge in [-0.15, -0.1) is 0 Å². The van der Waals surface area contributed by atoms with Crippen LogP contribution in [0.25, 0.3) is 87.5 Å². The molecule has 51 heavy (non-hydrogen) atoms. The van der Waals surface area contributed by atoms with E-state index in [-0.39, 0.29) is 5.92 Å². The van der Waals surface area contributed by atoms with Crippen LogP contribution in [0.15, 0.2) is 158 Å². The number of benzene rings is 7. The first-order valence-electron chi connectivity index (χ1n) is 18.0. The van der Waals surface area contributed by atoms with Crippen molar-refractivity contribution in [3.8, 4) is 16.8 Å². The molecule has 0 saturated heterocycles. The Hall–Kier alpha value is -6.45. The molecule has 7 aromatic carbocycles. The highest BCUT2D eigenvalue weighted by Crippen LogP contribution is 2.51. The molecule has 11 aromatic rings. The number of nitrogens with zero attached hydrogens (tertiary/aromatic N) is 3. The van der Waals surface area contributed by atoms with Crippen molar-refractivity contribution in [3.63, 3.8) is 0 Å². The van der Waals surface area contributed by atoms with Gasteiger partial charge in [0.25, 0.3) is 0 Å². The molecule has 3 heteroatoms. The van der Waals surface area contributed by atoms with Gasteiger partial charge in [-0.3, -0.25) is 4.98 Å². The molecule has 0 N–H and O–H groups in total. The second-order valence-corrected chi connectivity index (χ2v) is 14.3. The minimum Gasteiger partial charge on any atom is -0.308 e. The Kier molecular flexibility index (Phi) is 5.40. The molecule has 0 fully saturated rings. The fraction of sp³-hybridized carbons (Fsp3) is 0.0625. The summed E-state index contributed by atoms with van der Waals surface area (Å²) in [6.07, 6.45) is 5.95. The van der Waals surface area contributed by atoms with Crippen LogP contribution in [0.4, 0.5) is 0 Å². The number of pyridine rings is 1. The van der Waals surface area contributed by atoms with Crippen molar-refractivity contribution in [3.05, 3.63) is 175 Å². The summed E-state index contributed by atoms with van der Waals surface area (Å²) < 4.78 is 4.93. The first kappa shape index (κ1) is 27.4. The summed E-state index contributed by atoms with van der Waals surface area (Å²) >= 11 is 0. The number of aryl methyl sites for hydroxylation is 1. The zero-order chi connectivity index (χ0) is 33.2. The lowest BCUT2D eigenvalue weighted by Gasteiger charge is -2.22. The van der Waals surface area contributed by atoms with Gasteiger partial charge < -0.3 is 8.97 Å². The molecule has 4 heterocycles. The second kappa shape index (κ2) is 10.1. The predicted molar refractivity (Wildman–Crippen MR) is 213 cm³/mol. The molecule has 1 aliphatic carbocycles. The highest BCUT2D eigenvalue weighted by atomic mass is 15.0. The summed E-state index contributed by atoms with van der Waals surface area (Å²) in [6.45, 7) is 0. The second-order valence-electron chi connectivity index (χ2n) is 14.3. The molecule has 0 amide bonds. The molecule has 0 radical (unpaired) electrons. The minimum atomic E-state index is 0.193. The van der Waals surface area contributed by atoms with Crippen molar-refractivity contribution in [1.29, 1.82) is 0 Å². The van der Waals surface area contributed by atoms with E-state index in [0.717, 1.165) is 18.4 Å². The molecule has 12 rings (SSSR count). The Bertz CT molecular complexity index is 3160. The molecule has 1 unspecified atom stereocenters. The van der Waals surface area contributed by atoms with Gasteiger partial charge in [0.15, 0.2) is 0 Å². The molecule has 3 nitrogen and oxygen atoms in total. The normalized spacial score (nSPS) is 14.7. The van der Waals surface area contributed by atoms with E-state index in [4.69, 9.17) is 0 Å². The summed E-state index contributed by atoms with van der Waals surface area (Å²) in [5.74, 6) is 0.193. The smallest absolute Gasteiger partial charge is 0.0724 e. The summed E-state index contributed by atoms with van der Waals surface area (Å²) in [4.78, 5) is 4.57. The lowest BCUT2D eigenvalue weighted by Crippen LogP contribution is -2.05. The lowest BCUT2D eigenvalue weighted by molar-refractivity contribution is 0.730. The first-order valence-corrected chi connectivity index (χ1v) is 18.0. The maximum absolute atomic E-state index is 4.57. The van der Waals surface area contributed by atoms with Gasteiger partial charge >= 0.3 is 0 Å². The monoisotopic (exact) mass is 649 g/mol. The fourth-order valence-corrected chi connectivity index (χ4v) is 9.63. The summed E-state index contributed by atoms with van der Waals surface area (Å²) in [6, 6.07) is 54.5. The molecular weight excluding hydrogens is 619 g/mol. The number of fused-ring (bicyclic) bond motifs is 14. The first-order chi connectivity index (χ1) is 25.3. The Balaban J connectivity index is 1.20. The molecular formula is C48H31N3. The summed E-state index contributed by atoms with van der Waals surface area (Å²) in [5.41, 5.74) is 14.4. The average Bonchev–Trinajstić information content (AvgIpc) is 3.79. The number of rotatable bonds is 2. The molecule has 238 valence electrons. The van der Waals surface area contributed by atoms with Crippen LogP contribution in [0.5, 0.6) is 0 Å². The Morgan fingerprint density at radius 1 is 0.529 bits per heavy atom. The van der Waals surface area contributed by atoms with Crippen LogP contribution in [-0.4, -0.2) is 14.0 Å². The quantitative estimate of drug-likeness (QED) is 0.183. The molecule has 0 saturated carbocycles. The van der Waals surface area contributed by atoms with Crippen LogP contribution >= 0.6 is 0 Å². The summed E-state index contributed by atoms with van der Waals surface area (Å²) in [5, 5.41) is 10.5. The van der Waals surface area contributed by atoms with E-state index in [1.807, 2.05) is 12.4 Å². The van der Waals surface area contributed by atoms with E-state index >= 15 is 0 Å².